The van der Waals surface area contributed by atoms with Crippen LogP contribution in [0, 0.1) is 5.41 Å². The number of carbonyl (C=O) groups is 2. The lowest BCUT2D eigenvalue weighted by atomic mass is 9.80. The number of aromatic nitrogens is 2. The lowest BCUT2D eigenvalue weighted by molar-refractivity contribution is -0.153. The Kier molecular flexibility index (Phi) is 3.44. The average Bonchev–Trinajstić information content (AvgIpc) is 2.94. The van der Waals surface area contributed by atoms with Gasteiger partial charge in [0.05, 0.1) is 29.2 Å². The van der Waals surface area contributed by atoms with Gasteiger partial charge < -0.3 is 15.0 Å². The second kappa shape index (κ2) is 5.14. The first-order chi connectivity index (χ1) is 9.99. The third kappa shape index (κ3) is 2.53. The average molecular weight is 292 g/mol. The molecule has 1 atom stereocenters. The molecule has 2 aliphatic rings. The summed E-state index contributed by atoms with van der Waals surface area (Å²) >= 11 is 0. The van der Waals surface area contributed by atoms with Gasteiger partial charge in [0.1, 0.15) is 0 Å². The molecule has 3 heterocycles. The van der Waals surface area contributed by atoms with Crippen molar-refractivity contribution in [1.29, 1.82) is 0 Å². The molecule has 7 heteroatoms. The highest BCUT2D eigenvalue weighted by Gasteiger charge is 2.39. The maximum absolute atomic E-state index is 12.5. The lowest BCUT2D eigenvalue weighted by Gasteiger charge is -2.38. The predicted octanol–water partition coefficient (Wildman–Crippen LogP) is 0.137. The van der Waals surface area contributed by atoms with Crippen molar-refractivity contribution >= 4 is 11.9 Å². The van der Waals surface area contributed by atoms with E-state index in [2.05, 4.69) is 15.3 Å². The number of hydrogen-bond acceptors (Lipinski definition) is 4. The number of imidazole rings is 1. The van der Waals surface area contributed by atoms with E-state index in [4.69, 9.17) is 0 Å². The van der Waals surface area contributed by atoms with Crippen molar-refractivity contribution in [2.24, 2.45) is 5.41 Å². The summed E-state index contributed by atoms with van der Waals surface area (Å²) in [5.74, 6) is -0.720. The predicted molar refractivity (Wildman–Crippen MR) is 74.5 cm³/mol. The summed E-state index contributed by atoms with van der Waals surface area (Å²) in [6.07, 6.45) is 3.26. The Bertz CT molecular complexity index is 560. The highest BCUT2D eigenvalue weighted by atomic mass is 16.4. The van der Waals surface area contributed by atoms with Crippen LogP contribution < -0.4 is 5.32 Å². The van der Waals surface area contributed by atoms with Gasteiger partial charge in [-0.3, -0.25) is 14.9 Å². The second-order valence-electron chi connectivity index (χ2n) is 6.16. The number of likely N-dealkylation sites (tertiary alicyclic amines) is 1. The normalized spacial score (nSPS) is 24.4. The molecule has 1 aromatic heterocycles. The van der Waals surface area contributed by atoms with E-state index >= 15 is 0 Å². The Balaban J connectivity index is 1.62. The highest BCUT2D eigenvalue weighted by molar-refractivity contribution is 5.83. The molecule has 114 valence electrons. The zero-order chi connectivity index (χ0) is 15.0. The van der Waals surface area contributed by atoms with Crippen LogP contribution >= 0.6 is 0 Å². The topological polar surface area (TPSA) is 98.3 Å². The van der Waals surface area contributed by atoms with Crippen molar-refractivity contribution in [1.82, 2.24) is 20.2 Å². The minimum absolute atomic E-state index is 0.0519. The molecule has 0 spiro atoms. The van der Waals surface area contributed by atoms with E-state index in [1.165, 1.54) is 0 Å². The first-order valence-electron chi connectivity index (χ1n) is 7.26. The molecule has 3 N–H and O–H groups in total. The summed E-state index contributed by atoms with van der Waals surface area (Å²) in [5, 5.41) is 12.5. The van der Waals surface area contributed by atoms with Crippen LogP contribution in [0.25, 0.3) is 0 Å². The molecule has 21 heavy (non-hydrogen) atoms. The summed E-state index contributed by atoms with van der Waals surface area (Å²) in [6.45, 7) is 3.39. The maximum atomic E-state index is 12.5. The molecule has 1 fully saturated rings. The minimum Gasteiger partial charge on any atom is -0.481 e. The fourth-order valence-corrected chi connectivity index (χ4v) is 3.00. The second-order valence-corrected chi connectivity index (χ2v) is 6.16. The fraction of sp³-hybridized carbons (Fsp3) is 0.643. The van der Waals surface area contributed by atoms with E-state index < -0.39 is 11.4 Å². The van der Waals surface area contributed by atoms with Crippen LogP contribution in [0.3, 0.4) is 0 Å². The molecule has 0 aliphatic carbocycles. The summed E-state index contributed by atoms with van der Waals surface area (Å²) in [7, 11) is 0. The van der Waals surface area contributed by atoms with Gasteiger partial charge in [0, 0.05) is 26.1 Å². The van der Waals surface area contributed by atoms with Crippen LogP contribution in [0.4, 0.5) is 0 Å². The Morgan fingerprint density at radius 3 is 2.81 bits per heavy atom. The Morgan fingerprint density at radius 1 is 1.43 bits per heavy atom. The number of carboxylic acids is 1. The molecule has 3 rings (SSSR count). The number of carbonyl (C=O) groups excluding carboxylic acids is 1. The molecule has 1 unspecified atom stereocenters. The molecule has 0 aromatic carbocycles. The largest absolute Gasteiger partial charge is 0.481 e. The Morgan fingerprint density at radius 2 is 2.14 bits per heavy atom. The van der Waals surface area contributed by atoms with Crippen LogP contribution in [-0.2, 0) is 22.6 Å². The van der Waals surface area contributed by atoms with Gasteiger partial charge in [-0.1, -0.05) is 0 Å². The summed E-state index contributed by atoms with van der Waals surface area (Å²) in [6, 6.07) is -0.255. The molecule has 2 aliphatic heterocycles. The van der Waals surface area contributed by atoms with Crippen molar-refractivity contribution in [3.8, 4) is 0 Å². The van der Waals surface area contributed by atoms with E-state index in [0.29, 0.717) is 38.9 Å². The smallest absolute Gasteiger partial charge is 0.309 e. The van der Waals surface area contributed by atoms with Gasteiger partial charge in [-0.2, -0.15) is 0 Å². The van der Waals surface area contributed by atoms with Crippen molar-refractivity contribution in [2.45, 2.75) is 38.8 Å². The number of amides is 1. The quantitative estimate of drug-likeness (QED) is 0.720. The SMILES string of the molecule is CC1(C(=O)O)CCN(C(=O)C2Cc3nc[nH]c3CN2)CC1. The number of aromatic amines is 1. The van der Waals surface area contributed by atoms with Gasteiger partial charge in [0.25, 0.3) is 0 Å². The van der Waals surface area contributed by atoms with Gasteiger partial charge in [-0.15, -0.1) is 0 Å². The van der Waals surface area contributed by atoms with Gasteiger partial charge in [0.15, 0.2) is 0 Å². The molecule has 1 amide bonds. The number of nitrogens with one attached hydrogen (secondary N) is 2. The monoisotopic (exact) mass is 292 g/mol. The summed E-state index contributed by atoms with van der Waals surface area (Å²) in [5.41, 5.74) is 1.28. The van der Waals surface area contributed by atoms with Crippen molar-refractivity contribution in [2.75, 3.05) is 13.1 Å². The summed E-state index contributed by atoms with van der Waals surface area (Å²) < 4.78 is 0. The highest BCUT2D eigenvalue weighted by Crippen LogP contribution is 2.31. The van der Waals surface area contributed by atoms with Gasteiger partial charge in [-0.05, 0) is 19.8 Å². The number of rotatable bonds is 2. The third-order valence-corrected chi connectivity index (χ3v) is 4.72. The molecular weight excluding hydrogens is 272 g/mol. The van der Waals surface area contributed by atoms with E-state index in [1.807, 2.05) is 0 Å². The number of hydrogen-bond donors (Lipinski definition) is 3. The van der Waals surface area contributed by atoms with Crippen LogP contribution in [0.15, 0.2) is 6.33 Å². The van der Waals surface area contributed by atoms with E-state index in [0.717, 1.165) is 11.4 Å². The zero-order valence-corrected chi connectivity index (χ0v) is 12.1. The zero-order valence-electron chi connectivity index (χ0n) is 12.1. The standard InChI is InChI=1S/C14H20N4O3/c1-14(13(20)21)2-4-18(5-3-14)12(19)10-6-9-11(7-15-10)17-8-16-9/h8,10,15H,2-7H2,1H3,(H,16,17)(H,20,21). The number of nitrogens with zero attached hydrogens (tertiary/aromatic N) is 2. The van der Waals surface area contributed by atoms with E-state index in [-0.39, 0.29) is 11.9 Å². The number of piperidine rings is 1. The molecule has 1 saturated heterocycles. The minimum atomic E-state index is -0.772. The molecule has 7 nitrogen and oxygen atoms in total. The van der Waals surface area contributed by atoms with Crippen LogP contribution in [0.1, 0.15) is 31.2 Å². The number of aliphatic carboxylic acids is 1. The van der Waals surface area contributed by atoms with E-state index in [9.17, 15) is 14.7 Å². The first-order valence-corrected chi connectivity index (χ1v) is 7.26. The molecule has 0 saturated carbocycles. The Labute approximate surface area is 122 Å². The van der Waals surface area contributed by atoms with Gasteiger partial charge in [-0.25, -0.2) is 4.98 Å². The van der Waals surface area contributed by atoms with Gasteiger partial charge in [0.2, 0.25) is 5.91 Å². The van der Waals surface area contributed by atoms with Crippen LogP contribution in [0.5, 0.6) is 0 Å². The van der Waals surface area contributed by atoms with E-state index in [1.54, 1.807) is 18.2 Å². The van der Waals surface area contributed by atoms with Gasteiger partial charge >= 0.3 is 5.97 Å². The van der Waals surface area contributed by atoms with Crippen LogP contribution in [0.2, 0.25) is 0 Å². The fourth-order valence-electron chi connectivity index (χ4n) is 3.00. The lowest BCUT2D eigenvalue weighted by Crippen LogP contribution is -2.53. The number of H-pyrrole nitrogens is 1. The third-order valence-electron chi connectivity index (χ3n) is 4.72. The first kappa shape index (κ1) is 14.1. The van der Waals surface area contributed by atoms with Crippen molar-refractivity contribution in [3.63, 3.8) is 0 Å². The molecular formula is C14H20N4O3. The number of fused-ring (bicyclic) bond motifs is 1. The Hall–Kier alpha value is -1.89. The maximum Gasteiger partial charge on any atom is 0.309 e. The molecule has 0 radical (unpaired) electrons. The van der Waals surface area contributed by atoms with Crippen LogP contribution in [-0.4, -0.2) is 51.0 Å². The number of carboxylic acid groups (broad SMARTS) is 1. The van der Waals surface area contributed by atoms with Crippen molar-refractivity contribution < 1.29 is 14.7 Å². The summed E-state index contributed by atoms with van der Waals surface area (Å²) in [4.78, 5) is 32.8. The molecule has 1 aromatic rings. The van der Waals surface area contributed by atoms with Crippen molar-refractivity contribution in [3.05, 3.63) is 17.7 Å². The molecule has 0 bridgehead atoms.